The fraction of sp³-hybridized carbons (Fsp3) is 0.278. The van der Waals surface area contributed by atoms with Crippen LogP contribution in [0.25, 0.3) is 0 Å². The number of carbonyl (C=O) groups excluding carboxylic acids is 2. The Hall–Kier alpha value is -3.85. The molecule has 1 atom stereocenters. The Morgan fingerprint density at radius 2 is 1.41 bits per heavy atom. The van der Waals surface area contributed by atoms with Gasteiger partial charge in [-0.05, 0) is 61.2 Å². The number of hydrogen-bond acceptors (Lipinski definition) is 4. The number of nitrogens with one attached hydrogen (secondary N) is 1. The summed E-state index contributed by atoms with van der Waals surface area (Å²) in [4.78, 5) is 30.0. The first-order chi connectivity index (χ1) is 21.9. The highest BCUT2D eigenvalue weighted by atomic mass is 35.5. The SMILES string of the molecule is Cc1ccc(S(=O)(=O)N(CC(=O)N(Cc2c(Cl)cccc2Cl)C(Cc2ccccc2)C(=O)NCC(C)C)c2ccccc2C)cc1. The maximum absolute atomic E-state index is 14.6. The van der Waals surface area contributed by atoms with Crippen LogP contribution in [0.5, 0.6) is 0 Å². The summed E-state index contributed by atoms with van der Waals surface area (Å²) in [5, 5.41) is 3.63. The van der Waals surface area contributed by atoms with E-state index in [0.29, 0.717) is 33.4 Å². The maximum Gasteiger partial charge on any atom is 0.264 e. The molecule has 46 heavy (non-hydrogen) atoms. The van der Waals surface area contributed by atoms with Crippen molar-refractivity contribution in [3.8, 4) is 0 Å². The van der Waals surface area contributed by atoms with Gasteiger partial charge in [0.1, 0.15) is 12.6 Å². The van der Waals surface area contributed by atoms with Crippen molar-refractivity contribution in [3.63, 3.8) is 0 Å². The Morgan fingerprint density at radius 1 is 0.804 bits per heavy atom. The second-order valence-corrected chi connectivity index (χ2v) is 14.4. The summed E-state index contributed by atoms with van der Waals surface area (Å²) in [5.41, 5.74) is 3.21. The molecular formula is C36H39Cl2N3O4S. The topological polar surface area (TPSA) is 86.8 Å². The molecule has 0 bridgehead atoms. The Labute approximate surface area is 282 Å². The number of para-hydroxylation sites is 1. The van der Waals surface area contributed by atoms with Gasteiger partial charge in [0.05, 0.1) is 10.6 Å². The molecule has 0 heterocycles. The highest BCUT2D eigenvalue weighted by molar-refractivity contribution is 7.92. The smallest absolute Gasteiger partial charge is 0.264 e. The number of halogens is 2. The number of aryl methyl sites for hydroxylation is 2. The van der Waals surface area contributed by atoms with Crippen LogP contribution >= 0.6 is 23.2 Å². The van der Waals surface area contributed by atoms with Gasteiger partial charge in [-0.3, -0.25) is 13.9 Å². The molecular weight excluding hydrogens is 641 g/mol. The van der Waals surface area contributed by atoms with E-state index in [1.807, 2.05) is 51.1 Å². The molecule has 0 saturated heterocycles. The third-order valence-corrected chi connectivity index (χ3v) is 10.1. The predicted octanol–water partition coefficient (Wildman–Crippen LogP) is 7.22. The molecule has 242 valence electrons. The molecule has 0 spiro atoms. The molecule has 0 aliphatic carbocycles. The van der Waals surface area contributed by atoms with Crippen molar-refractivity contribution in [2.24, 2.45) is 5.92 Å². The molecule has 0 fully saturated rings. The Bertz CT molecular complexity index is 1740. The van der Waals surface area contributed by atoms with Gasteiger partial charge in [-0.15, -0.1) is 0 Å². The zero-order valence-corrected chi connectivity index (χ0v) is 28.7. The Balaban J connectivity index is 1.84. The van der Waals surface area contributed by atoms with Crippen molar-refractivity contribution in [1.82, 2.24) is 10.2 Å². The molecule has 0 radical (unpaired) electrons. The number of rotatable bonds is 13. The van der Waals surface area contributed by atoms with Crippen LogP contribution in [0.4, 0.5) is 5.69 Å². The minimum Gasteiger partial charge on any atom is -0.354 e. The highest BCUT2D eigenvalue weighted by Gasteiger charge is 2.35. The molecule has 10 heteroatoms. The molecule has 1 unspecified atom stereocenters. The fourth-order valence-electron chi connectivity index (χ4n) is 5.02. The maximum atomic E-state index is 14.6. The van der Waals surface area contributed by atoms with E-state index in [4.69, 9.17) is 23.2 Å². The van der Waals surface area contributed by atoms with Gasteiger partial charge in [0.15, 0.2) is 0 Å². The van der Waals surface area contributed by atoms with Gasteiger partial charge in [-0.1, -0.05) is 109 Å². The molecule has 7 nitrogen and oxygen atoms in total. The predicted molar refractivity (Wildman–Crippen MR) is 186 cm³/mol. The number of benzene rings is 4. The van der Waals surface area contributed by atoms with Crippen molar-refractivity contribution in [1.29, 1.82) is 0 Å². The first-order valence-corrected chi connectivity index (χ1v) is 17.3. The summed E-state index contributed by atoms with van der Waals surface area (Å²) in [6.45, 7) is 7.34. The molecule has 0 aliphatic heterocycles. The van der Waals surface area contributed by atoms with Crippen molar-refractivity contribution < 1.29 is 18.0 Å². The van der Waals surface area contributed by atoms with Crippen LogP contribution in [0.3, 0.4) is 0 Å². The zero-order valence-electron chi connectivity index (χ0n) is 26.4. The lowest BCUT2D eigenvalue weighted by atomic mass is 10.0. The second-order valence-electron chi connectivity index (χ2n) is 11.7. The van der Waals surface area contributed by atoms with Crippen LogP contribution < -0.4 is 9.62 Å². The lowest BCUT2D eigenvalue weighted by molar-refractivity contribution is -0.140. The third kappa shape index (κ3) is 8.69. The van der Waals surface area contributed by atoms with Crippen molar-refractivity contribution in [3.05, 3.63) is 129 Å². The van der Waals surface area contributed by atoms with E-state index in [9.17, 15) is 18.0 Å². The van der Waals surface area contributed by atoms with Crippen molar-refractivity contribution in [2.75, 3.05) is 17.4 Å². The van der Waals surface area contributed by atoms with E-state index in [0.717, 1.165) is 15.4 Å². The number of nitrogens with zero attached hydrogens (tertiary/aromatic N) is 2. The van der Waals surface area contributed by atoms with E-state index in [1.165, 1.54) is 17.0 Å². The first kappa shape index (κ1) is 35.0. The molecule has 0 saturated carbocycles. The number of anilines is 1. The molecule has 0 aromatic heterocycles. The molecule has 4 rings (SSSR count). The molecule has 2 amide bonds. The Morgan fingerprint density at radius 3 is 2.02 bits per heavy atom. The highest BCUT2D eigenvalue weighted by Crippen LogP contribution is 2.30. The van der Waals surface area contributed by atoms with E-state index in [2.05, 4.69) is 5.32 Å². The van der Waals surface area contributed by atoms with Gasteiger partial charge in [0.25, 0.3) is 10.0 Å². The summed E-state index contributed by atoms with van der Waals surface area (Å²) < 4.78 is 29.6. The van der Waals surface area contributed by atoms with Crippen LogP contribution in [-0.4, -0.2) is 44.3 Å². The molecule has 4 aromatic carbocycles. The van der Waals surface area contributed by atoms with Crippen molar-refractivity contribution >= 4 is 50.7 Å². The van der Waals surface area contributed by atoms with E-state index < -0.39 is 28.5 Å². The van der Waals surface area contributed by atoms with Gasteiger partial charge in [-0.2, -0.15) is 0 Å². The van der Waals surface area contributed by atoms with E-state index in [-0.39, 0.29) is 29.7 Å². The number of hydrogen-bond donors (Lipinski definition) is 1. The van der Waals surface area contributed by atoms with Crippen LogP contribution in [0.1, 0.15) is 36.1 Å². The zero-order chi connectivity index (χ0) is 33.4. The normalized spacial score (nSPS) is 12.1. The lowest BCUT2D eigenvalue weighted by Crippen LogP contribution is -2.54. The number of carbonyl (C=O) groups is 2. The van der Waals surface area contributed by atoms with Gasteiger partial charge < -0.3 is 10.2 Å². The summed E-state index contributed by atoms with van der Waals surface area (Å²) in [5.74, 6) is -0.784. The van der Waals surface area contributed by atoms with Crippen LogP contribution in [0, 0.1) is 19.8 Å². The second kappa shape index (κ2) is 15.6. The van der Waals surface area contributed by atoms with E-state index >= 15 is 0 Å². The van der Waals surface area contributed by atoms with Crippen LogP contribution in [0.15, 0.2) is 102 Å². The van der Waals surface area contributed by atoms with E-state index in [1.54, 1.807) is 61.5 Å². The van der Waals surface area contributed by atoms with Gasteiger partial charge in [0, 0.05) is 35.1 Å². The molecule has 4 aromatic rings. The summed E-state index contributed by atoms with van der Waals surface area (Å²) in [7, 11) is -4.20. The fourth-order valence-corrected chi connectivity index (χ4v) is 7.02. The molecule has 0 aliphatic rings. The minimum absolute atomic E-state index is 0.0466. The number of sulfonamides is 1. The Kier molecular flexibility index (Phi) is 11.9. The third-order valence-electron chi connectivity index (χ3n) is 7.62. The summed E-state index contributed by atoms with van der Waals surface area (Å²) in [6.07, 6.45) is 0.188. The average molecular weight is 681 g/mol. The van der Waals surface area contributed by atoms with Gasteiger partial charge in [-0.25, -0.2) is 8.42 Å². The first-order valence-electron chi connectivity index (χ1n) is 15.1. The van der Waals surface area contributed by atoms with Gasteiger partial charge >= 0.3 is 0 Å². The molecule has 1 N–H and O–H groups in total. The monoisotopic (exact) mass is 679 g/mol. The lowest BCUT2D eigenvalue weighted by Gasteiger charge is -2.34. The van der Waals surface area contributed by atoms with Crippen molar-refractivity contribution in [2.45, 2.75) is 51.6 Å². The van der Waals surface area contributed by atoms with Crippen LogP contribution in [-0.2, 0) is 32.6 Å². The summed E-state index contributed by atoms with van der Waals surface area (Å²) >= 11 is 13.2. The number of amides is 2. The van der Waals surface area contributed by atoms with Crippen LogP contribution in [0.2, 0.25) is 10.0 Å². The quantitative estimate of drug-likeness (QED) is 0.162. The summed E-state index contributed by atoms with van der Waals surface area (Å²) in [6, 6.07) is 26.9. The minimum atomic E-state index is -4.20. The average Bonchev–Trinajstić information content (AvgIpc) is 3.02. The largest absolute Gasteiger partial charge is 0.354 e. The standard InChI is InChI=1S/C36H39Cl2N3O4S/c1-25(2)22-39-36(43)34(21-28-12-6-5-7-13-28)40(23-30-31(37)14-10-15-32(30)38)35(42)24-41(33-16-9-8-11-27(33)4)46(44,45)29-19-17-26(3)18-20-29/h5-20,25,34H,21-24H2,1-4H3,(H,39,43). The van der Waals surface area contributed by atoms with Gasteiger partial charge in [0.2, 0.25) is 11.8 Å².